The molecule has 0 aliphatic heterocycles. The fourth-order valence-electron chi connectivity index (χ4n) is 1.61. The average Bonchev–Trinajstić information content (AvgIpc) is 3.00. The van der Waals surface area contributed by atoms with Crippen molar-refractivity contribution >= 4 is 17.2 Å². The van der Waals surface area contributed by atoms with E-state index in [1.54, 1.807) is 22.3 Å². The Labute approximate surface area is 104 Å². The highest BCUT2D eigenvalue weighted by Gasteiger charge is 2.18. The van der Waals surface area contributed by atoms with Crippen molar-refractivity contribution < 1.29 is 9.32 Å². The summed E-state index contributed by atoms with van der Waals surface area (Å²) < 4.78 is 4.90. The Hall–Kier alpha value is -1.62. The molecule has 0 unspecified atom stereocenters. The van der Waals surface area contributed by atoms with Crippen molar-refractivity contribution in [1.82, 2.24) is 10.1 Å². The Bertz CT molecular complexity index is 451. The van der Waals surface area contributed by atoms with Gasteiger partial charge in [0.1, 0.15) is 0 Å². The molecule has 0 saturated heterocycles. The number of hydrogen-bond donors (Lipinski definition) is 0. The number of carbonyl (C=O) groups is 1. The third kappa shape index (κ3) is 2.94. The molecule has 0 N–H and O–H groups in total. The van der Waals surface area contributed by atoms with E-state index in [4.69, 9.17) is 4.52 Å². The van der Waals surface area contributed by atoms with Gasteiger partial charge in [0, 0.05) is 19.2 Å². The van der Waals surface area contributed by atoms with Gasteiger partial charge in [0.15, 0.2) is 0 Å². The molecule has 2 aromatic rings. The molecule has 0 radical (unpaired) electrons. The fraction of sp³-hybridized carbons (Fsp3) is 0.333. The zero-order valence-electron chi connectivity index (χ0n) is 9.63. The molecule has 0 bridgehead atoms. The minimum absolute atomic E-state index is 0.101. The normalized spacial score (nSPS) is 10.4. The Morgan fingerprint density at radius 3 is 3.00 bits per heavy atom. The maximum Gasteiger partial charge on any atom is 0.292 e. The molecular formula is C12H14N2O2S. The van der Waals surface area contributed by atoms with Crippen LogP contribution < -0.4 is 0 Å². The minimum atomic E-state index is -0.101. The van der Waals surface area contributed by atoms with Crippen LogP contribution in [0.15, 0.2) is 33.6 Å². The fourth-order valence-corrected chi connectivity index (χ4v) is 2.27. The molecule has 0 aromatic carbocycles. The van der Waals surface area contributed by atoms with Crippen LogP contribution >= 0.6 is 11.3 Å². The number of aromatic nitrogens is 1. The van der Waals surface area contributed by atoms with Gasteiger partial charge in [-0.1, -0.05) is 12.1 Å². The Kier molecular flexibility index (Phi) is 3.93. The van der Waals surface area contributed by atoms with Crippen molar-refractivity contribution in [3.05, 3.63) is 40.4 Å². The van der Waals surface area contributed by atoms with Crippen LogP contribution in [-0.2, 0) is 6.54 Å². The van der Waals surface area contributed by atoms with E-state index in [1.165, 1.54) is 6.20 Å². The van der Waals surface area contributed by atoms with E-state index >= 15 is 0 Å². The van der Waals surface area contributed by atoms with Gasteiger partial charge in [-0.05, 0) is 28.8 Å². The maximum absolute atomic E-state index is 12.1. The third-order valence-electron chi connectivity index (χ3n) is 2.38. The summed E-state index contributed by atoms with van der Waals surface area (Å²) in [6.07, 6.45) is 2.41. The molecule has 90 valence electrons. The average molecular weight is 250 g/mol. The molecule has 0 spiro atoms. The largest absolute Gasteiger partial charge is 0.351 e. The molecule has 0 aliphatic rings. The van der Waals surface area contributed by atoms with E-state index < -0.39 is 0 Å². The van der Waals surface area contributed by atoms with Crippen molar-refractivity contribution in [2.75, 3.05) is 6.54 Å². The van der Waals surface area contributed by atoms with Crippen LogP contribution in [0, 0.1) is 0 Å². The summed E-state index contributed by atoms with van der Waals surface area (Å²) in [5, 5.41) is 7.63. The predicted octanol–water partition coefficient (Wildman–Crippen LogP) is 2.79. The molecule has 2 rings (SSSR count). The van der Waals surface area contributed by atoms with Gasteiger partial charge in [0.2, 0.25) is 5.76 Å². The van der Waals surface area contributed by atoms with Crippen LogP contribution in [0.1, 0.15) is 29.5 Å². The lowest BCUT2D eigenvalue weighted by atomic mass is 10.2. The van der Waals surface area contributed by atoms with Crippen LogP contribution in [-0.4, -0.2) is 22.5 Å². The lowest BCUT2D eigenvalue weighted by Gasteiger charge is -2.19. The van der Waals surface area contributed by atoms with Crippen molar-refractivity contribution in [2.24, 2.45) is 0 Å². The van der Waals surface area contributed by atoms with Crippen LogP contribution in [0.3, 0.4) is 0 Å². The number of nitrogens with zero attached hydrogens (tertiary/aromatic N) is 2. The highest BCUT2D eigenvalue weighted by molar-refractivity contribution is 7.07. The Morgan fingerprint density at radius 2 is 2.41 bits per heavy atom. The molecule has 2 heterocycles. The molecule has 1 amide bonds. The summed E-state index contributed by atoms with van der Waals surface area (Å²) in [4.78, 5) is 13.9. The van der Waals surface area contributed by atoms with Gasteiger partial charge >= 0.3 is 0 Å². The first kappa shape index (κ1) is 11.9. The summed E-state index contributed by atoms with van der Waals surface area (Å²) in [5.74, 6) is 0.198. The third-order valence-corrected chi connectivity index (χ3v) is 3.11. The number of amides is 1. The SMILES string of the molecule is CCCN(Cc1ccsc1)C(=O)c1ccno1. The number of thiophene rings is 1. The predicted molar refractivity (Wildman–Crippen MR) is 65.9 cm³/mol. The smallest absolute Gasteiger partial charge is 0.292 e. The first-order valence-electron chi connectivity index (χ1n) is 5.52. The quantitative estimate of drug-likeness (QED) is 0.819. The second-order valence-corrected chi connectivity index (χ2v) is 4.52. The standard InChI is InChI=1S/C12H14N2O2S/c1-2-6-14(8-10-4-7-17-9-10)12(15)11-3-5-13-16-11/h3-5,7,9H,2,6,8H2,1H3. The second kappa shape index (κ2) is 5.63. The van der Waals surface area contributed by atoms with E-state index in [0.29, 0.717) is 12.3 Å². The molecule has 0 aliphatic carbocycles. The lowest BCUT2D eigenvalue weighted by molar-refractivity contribution is 0.0701. The zero-order chi connectivity index (χ0) is 12.1. The Morgan fingerprint density at radius 1 is 1.53 bits per heavy atom. The highest BCUT2D eigenvalue weighted by Crippen LogP contribution is 2.12. The summed E-state index contributed by atoms with van der Waals surface area (Å²) in [6.45, 7) is 3.39. The van der Waals surface area contributed by atoms with Crippen molar-refractivity contribution in [3.63, 3.8) is 0 Å². The molecule has 5 heteroatoms. The zero-order valence-corrected chi connectivity index (χ0v) is 10.4. The van der Waals surface area contributed by atoms with Crippen molar-refractivity contribution in [3.8, 4) is 0 Å². The van der Waals surface area contributed by atoms with Gasteiger partial charge in [0.05, 0.1) is 6.20 Å². The van der Waals surface area contributed by atoms with Crippen LogP contribution in [0.5, 0.6) is 0 Å². The van der Waals surface area contributed by atoms with Gasteiger partial charge < -0.3 is 9.42 Å². The highest BCUT2D eigenvalue weighted by atomic mass is 32.1. The lowest BCUT2D eigenvalue weighted by Crippen LogP contribution is -2.30. The van der Waals surface area contributed by atoms with Gasteiger partial charge in [-0.15, -0.1) is 0 Å². The van der Waals surface area contributed by atoms with Gasteiger partial charge in [-0.2, -0.15) is 11.3 Å². The molecule has 4 nitrogen and oxygen atoms in total. The van der Waals surface area contributed by atoms with Crippen molar-refractivity contribution in [2.45, 2.75) is 19.9 Å². The van der Waals surface area contributed by atoms with Gasteiger partial charge in [-0.25, -0.2) is 0 Å². The number of carbonyl (C=O) groups excluding carboxylic acids is 1. The van der Waals surface area contributed by atoms with E-state index in [9.17, 15) is 4.79 Å². The van der Waals surface area contributed by atoms with Crippen LogP contribution in [0.4, 0.5) is 0 Å². The van der Waals surface area contributed by atoms with E-state index in [-0.39, 0.29) is 5.91 Å². The van der Waals surface area contributed by atoms with Crippen molar-refractivity contribution in [1.29, 1.82) is 0 Å². The maximum atomic E-state index is 12.1. The van der Waals surface area contributed by atoms with E-state index in [2.05, 4.69) is 10.5 Å². The summed E-state index contributed by atoms with van der Waals surface area (Å²) in [7, 11) is 0. The van der Waals surface area contributed by atoms with Crippen LogP contribution in [0.2, 0.25) is 0 Å². The molecule has 0 atom stereocenters. The topological polar surface area (TPSA) is 46.3 Å². The second-order valence-electron chi connectivity index (χ2n) is 3.73. The molecule has 0 fully saturated rings. The molecule has 2 aromatic heterocycles. The van der Waals surface area contributed by atoms with Gasteiger partial charge in [-0.3, -0.25) is 4.79 Å². The van der Waals surface area contributed by atoms with E-state index in [0.717, 1.165) is 18.5 Å². The van der Waals surface area contributed by atoms with Gasteiger partial charge in [0.25, 0.3) is 5.91 Å². The Balaban J connectivity index is 2.09. The summed E-state index contributed by atoms with van der Waals surface area (Å²) >= 11 is 1.64. The number of rotatable bonds is 5. The van der Waals surface area contributed by atoms with E-state index in [1.807, 2.05) is 18.4 Å². The molecule has 0 saturated carbocycles. The molecule has 17 heavy (non-hydrogen) atoms. The first-order chi connectivity index (χ1) is 8.31. The monoisotopic (exact) mass is 250 g/mol. The minimum Gasteiger partial charge on any atom is -0.351 e. The number of hydrogen-bond acceptors (Lipinski definition) is 4. The summed E-state index contributed by atoms with van der Waals surface area (Å²) in [6, 6.07) is 3.62. The molecular weight excluding hydrogens is 236 g/mol. The summed E-state index contributed by atoms with van der Waals surface area (Å²) in [5.41, 5.74) is 1.15. The first-order valence-corrected chi connectivity index (χ1v) is 6.46. The van der Waals surface area contributed by atoms with Crippen LogP contribution in [0.25, 0.3) is 0 Å².